The van der Waals surface area contributed by atoms with Crippen LogP contribution in [0.3, 0.4) is 0 Å². The number of hydrogen-bond acceptors (Lipinski definition) is 9. The first-order valence-electron chi connectivity index (χ1n) is 12.2. The molecule has 1 fully saturated rings. The van der Waals surface area contributed by atoms with Gasteiger partial charge in [-0.2, -0.15) is 0 Å². The molecular weight excluding hydrogens is 466 g/mol. The molecule has 1 aromatic carbocycles. The molecule has 3 rings (SSSR count). The molecule has 0 saturated carbocycles. The van der Waals surface area contributed by atoms with E-state index < -0.39 is 36.0 Å². The molecule has 1 aromatic heterocycles. The molecule has 1 saturated heterocycles. The number of aromatic hydroxyl groups is 1. The Morgan fingerprint density at radius 3 is 2.67 bits per heavy atom. The van der Waals surface area contributed by atoms with Crippen LogP contribution in [0.4, 0.5) is 0 Å². The van der Waals surface area contributed by atoms with E-state index in [1.165, 1.54) is 19.4 Å². The van der Waals surface area contributed by atoms with Crippen molar-refractivity contribution in [3.05, 3.63) is 48.3 Å². The van der Waals surface area contributed by atoms with E-state index in [4.69, 9.17) is 23.7 Å². The molecule has 4 atom stereocenters. The first-order valence-corrected chi connectivity index (χ1v) is 12.2. The molecule has 0 radical (unpaired) electrons. The molecule has 1 aliphatic rings. The largest absolute Gasteiger partial charge is 0.503 e. The summed E-state index contributed by atoms with van der Waals surface area (Å²) in [6.07, 6.45) is -0.318. The lowest BCUT2D eigenvalue weighted by Gasteiger charge is -2.34. The summed E-state index contributed by atoms with van der Waals surface area (Å²) in [5.74, 6) is -1.11. The number of nitrogens with zero attached hydrogens (tertiary/aromatic N) is 1. The van der Waals surface area contributed by atoms with Gasteiger partial charge in [-0.05, 0) is 31.4 Å². The number of pyridine rings is 1. The number of ether oxygens (including phenoxy) is 5. The molecule has 1 aliphatic heterocycles. The number of carbonyl (C=O) groups excluding carboxylic acids is 2. The lowest BCUT2D eigenvalue weighted by Crippen LogP contribution is -2.48. The first kappa shape index (κ1) is 27.4. The summed E-state index contributed by atoms with van der Waals surface area (Å²) in [4.78, 5) is 30.0. The topological polar surface area (TPSA) is 113 Å². The van der Waals surface area contributed by atoms with Gasteiger partial charge in [-0.25, -0.2) is 4.98 Å². The highest BCUT2D eigenvalue weighted by Gasteiger charge is 2.36. The molecular formula is C27H35NO8. The van der Waals surface area contributed by atoms with E-state index >= 15 is 0 Å². The van der Waals surface area contributed by atoms with Crippen molar-refractivity contribution >= 4 is 11.8 Å². The normalized spacial score (nSPS) is 23.1. The van der Waals surface area contributed by atoms with Crippen molar-refractivity contribution in [3.8, 4) is 17.2 Å². The van der Waals surface area contributed by atoms with Gasteiger partial charge >= 0.3 is 5.97 Å². The van der Waals surface area contributed by atoms with Gasteiger partial charge in [0.15, 0.2) is 29.1 Å². The SMILES string of the molecule is COc1ccnc(C(=O)C[C@H]2CCOC[C@H](Oc3ccccc3)[C@@H](OCC(C)C)[C@H](C)OC2=O)c1O. The van der Waals surface area contributed by atoms with Crippen LogP contribution < -0.4 is 9.47 Å². The molecule has 2 aromatic rings. The van der Waals surface area contributed by atoms with Crippen molar-refractivity contribution in [3.63, 3.8) is 0 Å². The molecule has 0 aliphatic carbocycles. The number of methoxy groups -OCH3 is 1. The molecule has 196 valence electrons. The number of Topliss-reactive ketones (excluding diaryl/α,β-unsaturated/α-hetero) is 1. The molecule has 2 heterocycles. The summed E-state index contributed by atoms with van der Waals surface area (Å²) in [6, 6.07) is 10.8. The fraction of sp³-hybridized carbons (Fsp3) is 0.519. The highest BCUT2D eigenvalue weighted by Crippen LogP contribution is 2.30. The highest BCUT2D eigenvalue weighted by atomic mass is 16.6. The number of carbonyl (C=O) groups is 2. The van der Waals surface area contributed by atoms with Crippen molar-refractivity contribution < 1.29 is 38.4 Å². The van der Waals surface area contributed by atoms with Crippen molar-refractivity contribution in [1.82, 2.24) is 4.98 Å². The Balaban J connectivity index is 1.76. The number of rotatable bonds is 9. The van der Waals surface area contributed by atoms with Gasteiger partial charge < -0.3 is 28.8 Å². The second-order valence-electron chi connectivity index (χ2n) is 9.20. The van der Waals surface area contributed by atoms with Crippen molar-refractivity contribution in [2.24, 2.45) is 11.8 Å². The minimum Gasteiger partial charge on any atom is -0.503 e. The zero-order valence-corrected chi connectivity index (χ0v) is 21.2. The van der Waals surface area contributed by atoms with E-state index in [1.807, 2.05) is 44.2 Å². The van der Waals surface area contributed by atoms with Crippen LogP contribution in [0.25, 0.3) is 0 Å². The fourth-order valence-electron chi connectivity index (χ4n) is 3.92. The average Bonchev–Trinajstić information content (AvgIpc) is 2.85. The van der Waals surface area contributed by atoms with Crippen LogP contribution in [0, 0.1) is 11.8 Å². The van der Waals surface area contributed by atoms with Crippen molar-refractivity contribution in [2.75, 3.05) is 26.9 Å². The Hall–Kier alpha value is -3.17. The molecule has 0 bridgehead atoms. The summed E-state index contributed by atoms with van der Waals surface area (Å²) in [5.41, 5.74) is -0.150. The lowest BCUT2D eigenvalue weighted by molar-refractivity contribution is -0.173. The van der Waals surface area contributed by atoms with E-state index in [0.717, 1.165) is 0 Å². The summed E-state index contributed by atoms with van der Waals surface area (Å²) in [6.45, 7) is 6.70. The number of benzene rings is 1. The third-order valence-electron chi connectivity index (χ3n) is 5.81. The quantitative estimate of drug-likeness (QED) is 0.404. The molecule has 9 nitrogen and oxygen atoms in total. The first-order chi connectivity index (χ1) is 17.3. The number of aromatic nitrogens is 1. The smallest absolute Gasteiger partial charge is 0.309 e. The average molecular weight is 502 g/mol. The van der Waals surface area contributed by atoms with Gasteiger partial charge in [-0.1, -0.05) is 32.0 Å². The van der Waals surface area contributed by atoms with Crippen LogP contribution >= 0.6 is 0 Å². The maximum atomic E-state index is 13.1. The molecule has 36 heavy (non-hydrogen) atoms. The van der Waals surface area contributed by atoms with Crippen LogP contribution in [0.1, 0.15) is 44.1 Å². The van der Waals surface area contributed by atoms with E-state index in [1.54, 1.807) is 6.92 Å². The molecule has 0 unspecified atom stereocenters. The Morgan fingerprint density at radius 1 is 1.22 bits per heavy atom. The minimum atomic E-state index is -0.773. The number of esters is 1. The zero-order valence-electron chi connectivity index (χ0n) is 21.2. The summed E-state index contributed by atoms with van der Waals surface area (Å²) in [7, 11) is 1.38. The van der Waals surface area contributed by atoms with Crippen molar-refractivity contribution in [1.29, 1.82) is 0 Å². The van der Waals surface area contributed by atoms with Crippen LogP contribution in [0.2, 0.25) is 0 Å². The lowest BCUT2D eigenvalue weighted by atomic mass is 9.96. The van der Waals surface area contributed by atoms with E-state index in [9.17, 15) is 14.7 Å². The maximum absolute atomic E-state index is 13.1. The second-order valence-corrected chi connectivity index (χ2v) is 9.20. The summed E-state index contributed by atoms with van der Waals surface area (Å²) < 4.78 is 29.1. The fourth-order valence-corrected chi connectivity index (χ4v) is 3.92. The zero-order chi connectivity index (χ0) is 26.1. The number of ketones is 1. The number of hydrogen-bond donors (Lipinski definition) is 1. The highest BCUT2D eigenvalue weighted by molar-refractivity contribution is 5.99. The third kappa shape index (κ3) is 7.41. The van der Waals surface area contributed by atoms with Crippen molar-refractivity contribution in [2.45, 2.75) is 51.9 Å². The Kier molecular flexibility index (Phi) is 10.1. The predicted molar refractivity (Wildman–Crippen MR) is 131 cm³/mol. The maximum Gasteiger partial charge on any atom is 0.309 e. The van der Waals surface area contributed by atoms with Crippen LogP contribution in [-0.2, 0) is 19.0 Å². The number of cyclic esters (lactones) is 1. The van der Waals surface area contributed by atoms with Crippen LogP contribution in [0.5, 0.6) is 17.2 Å². The third-order valence-corrected chi connectivity index (χ3v) is 5.81. The van der Waals surface area contributed by atoms with Crippen LogP contribution in [-0.4, -0.2) is 67.1 Å². The van der Waals surface area contributed by atoms with Gasteiger partial charge in [-0.3, -0.25) is 9.59 Å². The Morgan fingerprint density at radius 2 is 1.97 bits per heavy atom. The summed E-state index contributed by atoms with van der Waals surface area (Å²) in [5, 5.41) is 10.3. The Bertz CT molecular complexity index is 997. The van der Waals surface area contributed by atoms with Gasteiger partial charge in [0.25, 0.3) is 0 Å². The number of para-hydroxylation sites is 1. The van der Waals surface area contributed by atoms with Gasteiger partial charge in [0.2, 0.25) is 0 Å². The van der Waals surface area contributed by atoms with Gasteiger partial charge in [0, 0.05) is 31.9 Å². The van der Waals surface area contributed by atoms with Gasteiger partial charge in [0.1, 0.15) is 18.0 Å². The van der Waals surface area contributed by atoms with Crippen LogP contribution in [0.15, 0.2) is 42.6 Å². The molecule has 1 N–H and O–H groups in total. The van der Waals surface area contributed by atoms with E-state index in [0.29, 0.717) is 12.4 Å². The minimum absolute atomic E-state index is 0.133. The monoisotopic (exact) mass is 501 g/mol. The standard InChI is InChI=1S/C27H35NO8/c1-17(2)15-34-26-18(3)35-27(31)19(14-21(29)24-25(30)22(32-4)10-12-28-24)11-13-33-16-23(26)36-20-8-6-5-7-9-20/h5-10,12,17-19,23,26,30H,11,13-16H2,1-4H3/t18-,19+,23-,26-/m0/s1. The summed E-state index contributed by atoms with van der Waals surface area (Å²) >= 11 is 0. The predicted octanol–water partition coefficient (Wildman–Crippen LogP) is 3.83. The second kappa shape index (κ2) is 13.2. The van der Waals surface area contributed by atoms with E-state index in [-0.39, 0.29) is 49.2 Å². The molecule has 0 amide bonds. The van der Waals surface area contributed by atoms with Gasteiger partial charge in [-0.15, -0.1) is 0 Å². The van der Waals surface area contributed by atoms with Gasteiger partial charge in [0.05, 0.1) is 19.6 Å². The molecule has 0 spiro atoms. The van der Waals surface area contributed by atoms with E-state index in [2.05, 4.69) is 4.98 Å². The molecule has 9 heteroatoms. The Labute approximate surface area is 211 Å².